The van der Waals surface area contributed by atoms with E-state index in [2.05, 4.69) is 25.6 Å². The number of methoxy groups -OCH3 is 1. The number of rotatable bonds is 7. The molecule has 9 nitrogen and oxygen atoms in total. The second-order valence-electron chi connectivity index (χ2n) is 7.58. The van der Waals surface area contributed by atoms with Gasteiger partial charge in [0, 0.05) is 35.4 Å². The van der Waals surface area contributed by atoms with Gasteiger partial charge in [-0.05, 0) is 43.0 Å². The lowest BCUT2D eigenvalue weighted by Gasteiger charge is -2.24. The lowest BCUT2D eigenvalue weighted by Crippen LogP contribution is -2.32. The molecule has 2 aromatic heterocycles. The van der Waals surface area contributed by atoms with Gasteiger partial charge >= 0.3 is 0 Å². The van der Waals surface area contributed by atoms with E-state index in [-0.39, 0.29) is 11.6 Å². The Balaban J connectivity index is 1.59. The Morgan fingerprint density at radius 2 is 2.03 bits per heavy atom. The molecule has 0 radical (unpaired) electrons. The Labute approximate surface area is 186 Å². The Hall–Kier alpha value is -4.01. The van der Waals surface area contributed by atoms with Crippen molar-refractivity contribution >= 4 is 29.1 Å². The van der Waals surface area contributed by atoms with E-state index in [1.807, 2.05) is 30.3 Å². The summed E-state index contributed by atoms with van der Waals surface area (Å²) in [6.07, 6.45) is 6.86. The largest absolute Gasteiger partial charge is 0.481 e. The number of amides is 1. The smallest absolute Gasteiger partial charge is 0.254 e. The van der Waals surface area contributed by atoms with Gasteiger partial charge in [-0.3, -0.25) is 4.79 Å². The van der Waals surface area contributed by atoms with Crippen molar-refractivity contribution < 1.29 is 9.53 Å². The van der Waals surface area contributed by atoms with E-state index in [1.54, 1.807) is 19.4 Å². The van der Waals surface area contributed by atoms with Crippen molar-refractivity contribution in [1.82, 2.24) is 15.0 Å². The van der Waals surface area contributed by atoms with Crippen LogP contribution in [0.15, 0.2) is 48.8 Å². The number of nitrogens with zero attached hydrogens (tertiary/aromatic N) is 3. The third kappa shape index (κ3) is 4.83. The lowest BCUT2D eigenvalue weighted by molar-refractivity contribution is 0.100. The van der Waals surface area contributed by atoms with E-state index in [9.17, 15) is 4.79 Å². The van der Waals surface area contributed by atoms with E-state index < -0.39 is 5.91 Å². The van der Waals surface area contributed by atoms with Crippen LogP contribution in [0.5, 0.6) is 5.88 Å². The van der Waals surface area contributed by atoms with Crippen molar-refractivity contribution in [2.24, 2.45) is 5.73 Å². The number of nitrogens with one attached hydrogen (secondary N) is 3. The van der Waals surface area contributed by atoms with Crippen molar-refractivity contribution in [2.75, 3.05) is 17.7 Å². The number of nitrogens with two attached hydrogens (primary N) is 1. The highest BCUT2D eigenvalue weighted by molar-refractivity contribution is 5.98. The first-order valence-corrected chi connectivity index (χ1v) is 10.4. The normalized spacial score (nSPS) is 15.8. The molecule has 0 unspecified atom stereocenters. The SMILES string of the molecule is COc1ccc(-c2cccc(Nc3nc(N[C@@H]4CCCCC4=N)ncc3C(N)=O)c2)cn1. The Morgan fingerprint density at radius 3 is 2.75 bits per heavy atom. The summed E-state index contributed by atoms with van der Waals surface area (Å²) >= 11 is 0. The number of anilines is 3. The molecular formula is C23H25N7O2. The molecule has 9 heteroatoms. The van der Waals surface area contributed by atoms with Gasteiger partial charge in [0.15, 0.2) is 0 Å². The highest BCUT2D eigenvalue weighted by Gasteiger charge is 2.21. The standard InChI is InChI=1S/C23H25N7O2/c1-32-20-10-9-15(12-26-20)14-5-4-6-16(11-14)28-22-17(21(25)31)13-27-23(30-22)29-19-8-3-2-7-18(19)24/h4-6,9-13,19,24H,2-3,7-8H2,1H3,(H2,25,31)(H2,27,28,29,30)/t19-/m1/s1. The van der Waals surface area contributed by atoms with Crippen LogP contribution in [0.2, 0.25) is 0 Å². The predicted octanol–water partition coefficient (Wildman–Crippen LogP) is 3.76. The van der Waals surface area contributed by atoms with Crippen molar-refractivity contribution in [1.29, 1.82) is 5.41 Å². The minimum absolute atomic E-state index is 0.0954. The van der Waals surface area contributed by atoms with Gasteiger partial charge in [0.2, 0.25) is 11.8 Å². The van der Waals surface area contributed by atoms with Gasteiger partial charge in [-0.25, -0.2) is 9.97 Å². The van der Waals surface area contributed by atoms with Crippen LogP contribution in [0, 0.1) is 5.41 Å². The van der Waals surface area contributed by atoms with E-state index in [0.29, 0.717) is 23.4 Å². The van der Waals surface area contributed by atoms with Crippen molar-refractivity contribution in [3.63, 3.8) is 0 Å². The number of hydrogen-bond acceptors (Lipinski definition) is 8. The minimum atomic E-state index is -0.625. The maximum atomic E-state index is 11.9. The Morgan fingerprint density at radius 1 is 1.16 bits per heavy atom. The molecule has 1 atom stereocenters. The minimum Gasteiger partial charge on any atom is -0.481 e. The molecule has 1 fully saturated rings. The van der Waals surface area contributed by atoms with Crippen molar-refractivity contribution in [2.45, 2.75) is 31.7 Å². The number of carbonyl (C=O) groups is 1. The molecule has 1 aliphatic rings. The molecule has 4 rings (SSSR count). The quantitative estimate of drug-likeness (QED) is 0.446. The average Bonchev–Trinajstić information content (AvgIpc) is 2.81. The zero-order valence-electron chi connectivity index (χ0n) is 17.8. The molecule has 5 N–H and O–H groups in total. The zero-order chi connectivity index (χ0) is 22.5. The topological polar surface area (TPSA) is 139 Å². The zero-order valence-corrected chi connectivity index (χ0v) is 17.8. The van der Waals surface area contributed by atoms with Gasteiger partial charge in [0.05, 0.1) is 13.2 Å². The molecular weight excluding hydrogens is 406 g/mol. The van der Waals surface area contributed by atoms with Crippen molar-refractivity contribution in [3.05, 3.63) is 54.4 Å². The number of aromatic nitrogens is 3. The summed E-state index contributed by atoms with van der Waals surface area (Å²) in [7, 11) is 1.57. The van der Waals surface area contributed by atoms with Crippen LogP contribution < -0.4 is 21.1 Å². The van der Waals surface area contributed by atoms with E-state index in [4.69, 9.17) is 15.9 Å². The number of primary amides is 1. The molecule has 0 spiro atoms. The molecule has 1 saturated carbocycles. The molecule has 0 saturated heterocycles. The third-order valence-electron chi connectivity index (χ3n) is 5.37. The fourth-order valence-corrected chi connectivity index (χ4v) is 3.64. The Bertz CT molecular complexity index is 1130. The second-order valence-corrected chi connectivity index (χ2v) is 7.58. The number of ether oxygens (including phenoxy) is 1. The second kappa shape index (κ2) is 9.42. The summed E-state index contributed by atoms with van der Waals surface area (Å²) in [5.41, 5.74) is 8.97. The van der Waals surface area contributed by atoms with Gasteiger partial charge in [0.1, 0.15) is 11.4 Å². The maximum absolute atomic E-state index is 11.9. The van der Waals surface area contributed by atoms with Gasteiger partial charge < -0.3 is 26.5 Å². The van der Waals surface area contributed by atoms with Crippen LogP contribution in [0.25, 0.3) is 11.1 Å². The van der Waals surface area contributed by atoms with Gasteiger partial charge in [-0.15, -0.1) is 0 Å². The summed E-state index contributed by atoms with van der Waals surface area (Å²) < 4.78 is 5.11. The molecule has 1 amide bonds. The highest BCUT2D eigenvalue weighted by atomic mass is 16.5. The number of carbonyl (C=O) groups excluding carboxylic acids is 1. The van der Waals surface area contributed by atoms with Crippen LogP contribution in [0.1, 0.15) is 36.0 Å². The first kappa shape index (κ1) is 21.2. The van der Waals surface area contributed by atoms with Crippen LogP contribution in [-0.4, -0.2) is 39.7 Å². The summed E-state index contributed by atoms with van der Waals surface area (Å²) in [6.45, 7) is 0. The Kier molecular flexibility index (Phi) is 6.25. The third-order valence-corrected chi connectivity index (χ3v) is 5.37. The average molecular weight is 432 g/mol. The molecule has 0 bridgehead atoms. The summed E-state index contributed by atoms with van der Waals surface area (Å²) in [5.74, 6) is 0.577. The molecule has 1 aliphatic carbocycles. The fourth-order valence-electron chi connectivity index (χ4n) is 3.64. The van der Waals surface area contributed by atoms with Crippen LogP contribution in [0.4, 0.5) is 17.5 Å². The van der Waals surface area contributed by atoms with Gasteiger partial charge in [0.25, 0.3) is 5.91 Å². The van der Waals surface area contributed by atoms with Gasteiger partial charge in [-0.2, -0.15) is 4.98 Å². The van der Waals surface area contributed by atoms with Gasteiger partial charge in [-0.1, -0.05) is 18.6 Å². The predicted molar refractivity (Wildman–Crippen MR) is 124 cm³/mol. The van der Waals surface area contributed by atoms with Crippen LogP contribution in [0.3, 0.4) is 0 Å². The first-order chi connectivity index (χ1) is 15.5. The molecule has 2 heterocycles. The molecule has 0 aliphatic heterocycles. The van der Waals surface area contributed by atoms with E-state index in [0.717, 1.165) is 42.5 Å². The molecule has 164 valence electrons. The maximum Gasteiger partial charge on any atom is 0.254 e. The monoisotopic (exact) mass is 431 g/mol. The molecule has 3 aromatic rings. The number of hydrogen-bond donors (Lipinski definition) is 4. The number of benzene rings is 1. The molecule has 1 aromatic carbocycles. The van der Waals surface area contributed by atoms with Crippen LogP contribution >= 0.6 is 0 Å². The van der Waals surface area contributed by atoms with Crippen molar-refractivity contribution in [3.8, 4) is 17.0 Å². The fraction of sp³-hybridized carbons (Fsp3) is 0.261. The highest BCUT2D eigenvalue weighted by Crippen LogP contribution is 2.26. The van der Waals surface area contributed by atoms with Crippen LogP contribution in [-0.2, 0) is 0 Å². The summed E-state index contributed by atoms with van der Waals surface area (Å²) in [6, 6.07) is 11.3. The first-order valence-electron chi connectivity index (χ1n) is 10.4. The lowest BCUT2D eigenvalue weighted by atomic mass is 9.93. The summed E-state index contributed by atoms with van der Waals surface area (Å²) in [5, 5.41) is 14.5. The summed E-state index contributed by atoms with van der Waals surface area (Å²) in [4.78, 5) is 24.9. The molecule has 32 heavy (non-hydrogen) atoms. The number of pyridine rings is 1. The van der Waals surface area contributed by atoms with E-state index >= 15 is 0 Å². The van der Waals surface area contributed by atoms with E-state index in [1.165, 1.54) is 6.20 Å².